The van der Waals surface area contributed by atoms with E-state index < -0.39 is 0 Å². The molecule has 0 aliphatic heterocycles. The molecule has 210 valence electrons. The molecule has 0 atom stereocenters. The van der Waals surface area contributed by atoms with Crippen LogP contribution in [0.4, 0.5) is 0 Å². The van der Waals surface area contributed by atoms with Crippen molar-refractivity contribution >= 4 is 65.2 Å². The molecule has 0 heterocycles. The van der Waals surface area contributed by atoms with Gasteiger partial charge in [-0.1, -0.05) is 69.0 Å². The van der Waals surface area contributed by atoms with Crippen LogP contribution in [0.2, 0.25) is 0 Å². The summed E-state index contributed by atoms with van der Waals surface area (Å²) in [5.74, 6) is 1.41. The van der Waals surface area contributed by atoms with Gasteiger partial charge in [0.25, 0.3) is 0 Å². The van der Waals surface area contributed by atoms with Crippen molar-refractivity contribution in [2.45, 2.75) is 38.5 Å². The first kappa shape index (κ1) is 29.9. The largest absolute Gasteiger partial charge is 0.496 e. The fourth-order valence-corrected chi connectivity index (χ4v) is 5.70. The number of amides is 2. The molecular weight excluding hydrogens is 636 g/mol. The van der Waals surface area contributed by atoms with Gasteiger partial charge in [-0.3, -0.25) is 9.59 Å². The maximum atomic E-state index is 12.7. The van der Waals surface area contributed by atoms with E-state index in [1.807, 2.05) is 60.7 Å². The van der Waals surface area contributed by atoms with Crippen LogP contribution in [0, 0.1) is 0 Å². The van der Waals surface area contributed by atoms with Crippen molar-refractivity contribution in [2.75, 3.05) is 27.3 Å². The summed E-state index contributed by atoms with van der Waals surface area (Å²) in [6.07, 6.45) is 4.28. The van der Waals surface area contributed by atoms with E-state index in [0.717, 1.165) is 78.8 Å². The number of hydrogen-bond donors (Lipinski definition) is 2. The highest BCUT2D eigenvalue weighted by Gasteiger charge is 2.14. The van der Waals surface area contributed by atoms with Crippen LogP contribution in [-0.2, 0) is 22.4 Å². The van der Waals surface area contributed by atoms with Gasteiger partial charge < -0.3 is 20.1 Å². The van der Waals surface area contributed by atoms with Gasteiger partial charge in [0.05, 0.1) is 27.1 Å². The smallest absolute Gasteiger partial charge is 0.224 e. The van der Waals surface area contributed by atoms with E-state index in [1.54, 1.807) is 14.2 Å². The van der Waals surface area contributed by atoms with Gasteiger partial charge >= 0.3 is 0 Å². The summed E-state index contributed by atoms with van der Waals surface area (Å²) in [7, 11) is 3.26. The van der Waals surface area contributed by atoms with Crippen molar-refractivity contribution in [3.63, 3.8) is 0 Å². The molecule has 2 amide bonds. The summed E-state index contributed by atoms with van der Waals surface area (Å²) in [6.45, 7) is 1.25. The first-order valence-electron chi connectivity index (χ1n) is 13.4. The summed E-state index contributed by atoms with van der Waals surface area (Å²) < 4.78 is 13.0. The van der Waals surface area contributed by atoms with Crippen LogP contribution in [0.1, 0.15) is 36.8 Å². The molecular formula is C32H34Br2N2O4. The Bertz CT molecular complexity index is 1390. The van der Waals surface area contributed by atoms with E-state index >= 15 is 0 Å². The number of rotatable bonds is 13. The molecule has 0 bridgehead atoms. The highest BCUT2D eigenvalue weighted by Crippen LogP contribution is 2.31. The van der Waals surface area contributed by atoms with E-state index in [-0.39, 0.29) is 24.7 Å². The highest BCUT2D eigenvalue weighted by molar-refractivity contribution is 9.10. The molecule has 0 aliphatic carbocycles. The topological polar surface area (TPSA) is 76.7 Å². The Morgan fingerprint density at radius 1 is 0.625 bits per heavy atom. The average molecular weight is 670 g/mol. The number of carbonyl (C=O) groups excluding carboxylic acids is 2. The third-order valence-electron chi connectivity index (χ3n) is 6.96. The van der Waals surface area contributed by atoms with Crippen molar-refractivity contribution in [2.24, 2.45) is 0 Å². The summed E-state index contributed by atoms with van der Waals surface area (Å²) in [5, 5.41) is 10.2. The molecule has 4 rings (SSSR count). The second-order valence-electron chi connectivity index (χ2n) is 9.69. The number of methoxy groups -OCH3 is 2. The first-order chi connectivity index (χ1) is 19.4. The third kappa shape index (κ3) is 7.76. The Hall–Kier alpha value is -3.10. The minimum Gasteiger partial charge on any atom is -0.496 e. The lowest BCUT2D eigenvalue weighted by atomic mass is 10.0. The van der Waals surface area contributed by atoms with Gasteiger partial charge in [-0.25, -0.2) is 0 Å². The number of nitrogens with one attached hydrogen (secondary N) is 2. The van der Waals surface area contributed by atoms with Crippen LogP contribution in [0.15, 0.2) is 69.6 Å². The highest BCUT2D eigenvalue weighted by atomic mass is 79.9. The van der Waals surface area contributed by atoms with E-state index in [4.69, 9.17) is 9.47 Å². The molecule has 4 aromatic rings. The molecule has 0 unspecified atom stereocenters. The monoisotopic (exact) mass is 668 g/mol. The van der Waals surface area contributed by atoms with Crippen molar-refractivity contribution in [3.8, 4) is 11.5 Å². The molecule has 0 spiro atoms. The van der Waals surface area contributed by atoms with Gasteiger partial charge in [-0.15, -0.1) is 0 Å². The summed E-state index contributed by atoms with van der Waals surface area (Å²) in [4.78, 5) is 25.3. The van der Waals surface area contributed by atoms with Gasteiger partial charge in [0, 0.05) is 33.2 Å². The number of ether oxygens (including phenoxy) is 2. The molecule has 0 saturated heterocycles. The molecule has 40 heavy (non-hydrogen) atoms. The van der Waals surface area contributed by atoms with Crippen molar-refractivity contribution in [1.29, 1.82) is 0 Å². The predicted molar refractivity (Wildman–Crippen MR) is 168 cm³/mol. The molecule has 0 saturated carbocycles. The van der Waals surface area contributed by atoms with Crippen LogP contribution < -0.4 is 20.1 Å². The number of fused-ring (bicyclic) bond motifs is 2. The van der Waals surface area contributed by atoms with Gasteiger partial charge in [-0.05, 0) is 70.8 Å². The standard InChI is InChI=1S/C32H34Br2N2O4/c1-39-29-13-7-21-17-23(33)9-11-25(21)27(29)19-31(37)35-15-5-3-4-6-16-36-32(38)20-28-26-12-10-24(34)18-22(26)8-14-30(28)40-2/h7-14,17-18H,3-6,15-16,19-20H2,1-2H3,(H,35,37)(H,36,38). The zero-order valence-corrected chi connectivity index (χ0v) is 26.0. The summed E-state index contributed by atoms with van der Waals surface area (Å²) in [6, 6.07) is 19.9. The lowest BCUT2D eigenvalue weighted by molar-refractivity contribution is -0.121. The van der Waals surface area contributed by atoms with Gasteiger partial charge in [-0.2, -0.15) is 0 Å². The number of hydrogen-bond acceptors (Lipinski definition) is 4. The maximum absolute atomic E-state index is 12.7. The zero-order valence-electron chi connectivity index (χ0n) is 22.8. The van der Waals surface area contributed by atoms with Crippen LogP contribution in [0.3, 0.4) is 0 Å². The Kier molecular flexibility index (Phi) is 10.8. The summed E-state index contributed by atoms with van der Waals surface area (Å²) in [5.41, 5.74) is 1.80. The van der Waals surface area contributed by atoms with Crippen molar-refractivity contribution in [1.82, 2.24) is 10.6 Å². The number of benzene rings is 4. The second kappa shape index (κ2) is 14.5. The number of halogens is 2. The second-order valence-corrected chi connectivity index (χ2v) is 11.5. The number of unbranched alkanes of at least 4 members (excludes halogenated alkanes) is 3. The van der Waals surface area contributed by atoms with E-state index in [0.29, 0.717) is 13.1 Å². The van der Waals surface area contributed by atoms with E-state index in [9.17, 15) is 9.59 Å². The fraction of sp³-hybridized carbons (Fsp3) is 0.312. The van der Waals surface area contributed by atoms with Gasteiger partial charge in [0.1, 0.15) is 11.5 Å². The predicted octanol–water partition coefficient (Wildman–Crippen LogP) is 7.11. The lowest BCUT2D eigenvalue weighted by Gasteiger charge is -2.13. The Morgan fingerprint density at radius 2 is 1.05 bits per heavy atom. The lowest BCUT2D eigenvalue weighted by Crippen LogP contribution is -2.27. The molecule has 0 aliphatic rings. The van der Waals surface area contributed by atoms with Crippen molar-refractivity contribution in [3.05, 3.63) is 80.7 Å². The zero-order chi connectivity index (χ0) is 28.5. The first-order valence-corrected chi connectivity index (χ1v) is 15.0. The van der Waals surface area contributed by atoms with E-state index in [1.165, 1.54) is 0 Å². The average Bonchev–Trinajstić information content (AvgIpc) is 2.94. The van der Waals surface area contributed by atoms with Gasteiger partial charge in [0.15, 0.2) is 0 Å². The minimum absolute atomic E-state index is 0.0165. The Morgan fingerprint density at radius 3 is 1.45 bits per heavy atom. The quantitative estimate of drug-likeness (QED) is 0.149. The molecule has 0 aromatic heterocycles. The minimum atomic E-state index is -0.0165. The third-order valence-corrected chi connectivity index (χ3v) is 7.95. The summed E-state index contributed by atoms with van der Waals surface area (Å²) >= 11 is 7.01. The molecule has 6 nitrogen and oxygen atoms in total. The normalized spacial score (nSPS) is 11.0. The molecule has 0 fully saturated rings. The van der Waals surface area contributed by atoms with Crippen LogP contribution in [-0.4, -0.2) is 39.1 Å². The van der Waals surface area contributed by atoms with Crippen LogP contribution in [0.5, 0.6) is 11.5 Å². The Labute approximate surface area is 252 Å². The van der Waals surface area contributed by atoms with E-state index in [2.05, 4.69) is 42.5 Å². The molecule has 4 aromatic carbocycles. The Balaban J connectivity index is 1.16. The SMILES string of the molecule is COc1ccc2cc(Br)ccc2c1CC(=O)NCCCCCCNC(=O)Cc1c(OC)ccc2cc(Br)ccc12. The van der Waals surface area contributed by atoms with Crippen LogP contribution in [0.25, 0.3) is 21.5 Å². The van der Waals surface area contributed by atoms with Gasteiger partial charge in [0.2, 0.25) is 11.8 Å². The maximum Gasteiger partial charge on any atom is 0.224 e. The fourth-order valence-electron chi connectivity index (χ4n) is 4.94. The van der Waals surface area contributed by atoms with Crippen LogP contribution >= 0.6 is 31.9 Å². The number of carbonyl (C=O) groups is 2. The molecule has 0 radical (unpaired) electrons. The molecule has 2 N–H and O–H groups in total. The molecule has 8 heteroatoms. The van der Waals surface area contributed by atoms with Crippen molar-refractivity contribution < 1.29 is 19.1 Å².